The lowest BCUT2D eigenvalue weighted by Crippen LogP contribution is -2.28. The van der Waals surface area contributed by atoms with E-state index in [1.807, 2.05) is 6.07 Å². The third-order valence-electron chi connectivity index (χ3n) is 5.91. The van der Waals surface area contributed by atoms with Crippen molar-refractivity contribution < 1.29 is 9.62 Å². The molecule has 0 radical (unpaired) electrons. The van der Waals surface area contributed by atoms with E-state index in [2.05, 4.69) is 44.3 Å². The predicted molar refractivity (Wildman–Crippen MR) is 111 cm³/mol. The summed E-state index contributed by atoms with van der Waals surface area (Å²) in [5, 5.41) is 12.8. The van der Waals surface area contributed by atoms with Crippen molar-refractivity contribution in [2.24, 2.45) is 5.16 Å². The molecule has 0 amide bonds. The molecule has 3 aromatic rings. The first-order valence-electron chi connectivity index (χ1n) is 10.3. The molecule has 1 aliphatic heterocycles. The van der Waals surface area contributed by atoms with E-state index in [1.165, 1.54) is 24.8 Å². The van der Waals surface area contributed by atoms with Crippen molar-refractivity contribution in [3.8, 4) is 22.6 Å². The van der Waals surface area contributed by atoms with E-state index in [-0.39, 0.29) is 0 Å². The van der Waals surface area contributed by atoms with Crippen molar-refractivity contribution in [2.45, 2.75) is 38.6 Å². The summed E-state index contributed by atoms with van der Waals surface area (Å²) < 4.78 is 6.32. The number of rotatable bonds is 4. The maximum atomic E-state index is 9.34. The molecule has 1 aromatic carbocycles. The lowest BCUT2D eigenvalue weighted by atomic mass is 9.99. The third-order valence-corrected chi connectivity index (χ3v) is 5.91. The molecular formula is C23H24N4O2. The number of furan rings is 1. The van der Waals surface area contributed by atoms with Gasteiger partial charge in [-0.3, -0.25) is 4.90 Å². The van der Waals surface area contributed by atoms with Crippen molar-refractivity contribution in [3.63, 3.8) is 0 Å². The van der Waals surface area contributed by atoms with Crippen LogP contribution in [0.5, 0.6) is 0 Å². The fraction of sp³-hybridized carbons (Fsp3) is 0.348. The van der Waals surface area contributed by atoms with Crippen molar-refractivity contribution in [1.82, 2.24) is 14.9 Å². The summed E-state index contributed by atoms with van der Waals surface area (Å²) in [4.78, 5) is 10.9. The Bertz CT molecular complexity index is 1040. The van der Waals surface area contributed by atoms with Crippen LogP contribution in [0.2, 0.25) is 0 Å². The molecular weight excluding hydrogens is 364 g/mol. The van der Waals surface area contributed by atoms with Gasteiger partial charge in [0.15, 0.2) is 5.76 Å². The fourth-order valence-corrected chi connectivity index (χ4v) is 4.41. The number of aryl methyl sites for hydroxylation is 1. The highest BCUT2D eigenvalue weighted by Crippen LogP contribution is 2.37. The molecule has 0 unspecified atom stereocenters. The quantitative estimate of drug-likeness (QED) is 0.526. The Morgan fingerprint density at radius 3 is 2.72 bits per heavy atom. The molecule has 0 atom stereocenters. The highest BCUT2D eigenvalue weighted by molar-refractivity contribution is 6.05. The monoisotopic (exact) mass is 388 g/mol. The molecule has 1 aliphatic carbocycles. The zero-order valence-electron chi connectivity index (χ0n) is 16.3. The number of benzene rings is 1. The Morgan fingerprint density at radius 2 is 1.93 bits per heavy atom. The lowest BCUT2D eigenvalue weighted by Gasteiger charge is -2.25. The highest BCUT2D eigenvalue weighted by atomic mass is 16.4. The van der Waals surface area contributed by atoms with Crippen LogP contribution >= 0.6 is 0 Å². The van der Waals surface area contributed by atoms with Gasteiger partial charge in [0, 0.05) is 17.3 Å². The Hall–Kier alpha value is -2.99. The van der Waals surface area contributed by atoms with Gasteiger partial charge in [-0.1, -0.05) is 23.7 Å². The van der Waals surface area contributed by atoms with Crippen LogP contribution in [-0.2, 0) is 13.0 Å². The standard InChI is InChI=1S/C23H24N4O2/c28-26-21-7-6-16-4-5-17(12-19(16)21)20-13-18(14-27-10-2-1-3-11-27)29-23(20)22-8-9-24-15-25-22/h4-5,8-9,12-13,15,28H,1-3,6-7,10-11,14H2/b26-21+. The minimum absolute atomic E-state index is 0.752. The van der Waals surface area contributed by atoms with Gasteiger partial charge in [-0.15, -0.1) is 0 Å². The number of oxime groups is 1. The van der Waals surface area contributed by atoms with E-state index in [0.29, 0.717) is 0 Å². The first-order valence-corrected chi connectivity index (χ1v) is 10.3. The molecule has 5 rings (SSSR count). The van der Waals surface area contributed by atoms with Gasteiger partial charge in [0.1, 0.15) is 17.8 Å². The smallest absolute Gasteiger partial charge is 0.160 e. The second kappa shape index (κ2) is 7.79. The van der Waals surface area contributed by atoms with E-state index in [9.17, 15) is 5.21 Å². The highest BCUT2D eigenvalue weighted by Gasteiger charge is 2.22. The van der Waals surface area contributed by atoms with Crippen LogP contribution in [-0.4, -0.2) is 38.9 Å². The van der Waals surface area contributed by atoms with Crippen LogP contribution < -0.4 is 0 Å². The van der Waals surface area contributed by atoms with Crippen LogP contribution in [0.3, 0.4) is 0 Å². The molecule has 1 saturated heterocycles. The summed E-state index contributed by atoms with van der Waals surface area (Å²) >= 11 is 0. The van der Waals surface area contributed by atoms with Gasteiger partial charge in [-0.05, 0) is 68.1 Å². The molecule has 3 heterocycles. The van der Waals surface area contributed by atoms with E-state index >= 15 is 0 Å². The van der Waals surface area contributed by atoms with Gasteiger partial charge in [0.05, 0.1) is 12.3 Å². The van der Waals surface area contributed by atoms with Crippen molar-refractivity contribution in [1.29, 1.82) is 0 Å². The van der Waals surface area contributed by atoms with Crippen LogP contribution in [0.15, 0.2) is 52.4 Å². The maximum absolute atomic E-state index is 9.34. The zero-order chi connectivity index (χ0) is 19.6. The summed E-state index contributed by atoms with van der Waals surface area (Å²) in [6.07, 6.45) is 8.79. The third kappa shape index (κ3) is 3.56. The van der Waals surface area contributed by atoms with Gasteiger partial charge < -0.3 is 9.62 Å². The number of hydrogen-bond donors (Lipinski definition) is 1. The van der Waals surface area contributed by atoms with Gasteiger partial charge in [-0.2, -0.15) is 0 Å². The number of nitrogens with zero attached hydrogens (tertiary/aromatic N) is 4. The number of hydrogen-bond acceptors (Lipinski definition) is 6. The van der Waals surface area contributed by atoms with Gasteiger partial charge in [0.2, 0.25) is 0 Å². The van der Waals surface area contributed by atoms with E-state index in [4.69, 9.17) is 4.42 Å². The fourth-order valence-electron chi connectivity index (χ4n) is 4.41. The van der Waals surface area contributed by atoms with Crippen molar-refractivity contribution in [3.05, 3.63) is 59.7 Å². The molecule has 148 valence electrons. The normalized spacial score (nSPS) is 18.3. The summed E-state index contributed by atoms with van der Waals surface area (Å²) in [7, 11) is 0. The Kier molecular flexibility index (Phi) is 4.86. The van der Waals surface area contributed by atoms with Crippen LogP contribution in [0.1, 0.15) is 42.6 Å². The topological polar surface area (TPSA) is 74.8 Å². The number of piperidine rings is 1. The Labute approximate surface area is 169 Å². The Morgan fingerprint density at radius 1 is 1.03 bits per heavy atom. The van der Waals surface area contributed by atoms with E-state index < -0.39 is 0 Å². The van der Waals surface area contributed by atoms with Crippen LogP contribution in [0, 0.1) is 0 Å². The number of likely N-dealkylation sites (tertiary alicyclic amines) is 1. The molecule has 1 N–H and O–H groups in total. The molecule has 29 heavy (non-hydrogen) atoms. The number of fused-ring (bicyclic) bond motifs is 1. The first-order chi connectivity index (χ1) is 14.3. The lowest BCUT2D eigenvalue weighted by molar-refractivity contribution is 0.206. The average molecular weight is 388 g/mol. The van der Waals surface area contributed by atoms with Gasteiger partial charge in [-0.25, -0.2) is 9.97 Å². The molecule has 6 nitrogen and oxygen atoms in total. The summed E-state index contributed by atoms with van der Waals surface area (Å²) in [6.45, 7) is 3.05. The molecule has 1 fully saturated rings. The largest absolute Gasteiger partial charge is 0.457 e. The van der Waals surface area contributed by atoms with E-state index in [0.717, 1.165) is 72.1 Å². The predicted octanol–water partition coefficient (Wildman–Crippen LogP) is 4.51. The summed E-state index contributed by atoms with van der Waals surface area (Å²) in [5.41, 5.74) is 5.84. The van der Waals surface area contributed by atoms with Gasteiger partial charge in [0.25, 0.3) is 0 Å². The Balaban J connectivity index is 1.56. The maximum Gasteiger partial charge on any atom is 0.160 e. The number of aromatic nitrogens is 2. The SMILES string of the molecule is O/N=C1\CCc2ccc(-c3cc(CN4CCCCC4)oc3-c3ccncn3)cc21. The minimum Gasteiger partial charge on any atom is -0.457 e. The van der Waals surface area contributed by atoms with E-state index in [1.54, 1.807) is 12.5 Å². The second-order valence-electron chi connectivity index (χ2n) is 7.81. The van der Waals surface area contributed by atoms with Crippen molar-refractivity contribution >= 4 is 5.71 Å². The molecule has 6 heteroatoms. The molecule has 2 aromatic heterocycles. The minimum atomic E-state index is 0.752. The molecule has 0 bridgehead atoms. The first kappa shape index (κ1) is 18.1. The average Bonchev–Trinajstić information content (AvgIpc) is 3.38. The molecule has 0 spiro atoms. The van der Waals surface area contributed by atoms with Gasteiger partial charge >= 0.3 is 0 Å². The summed E-state index contributed by atoms with van der Waals surface area (Å²) in [5.74, 6) is 1.71. The second-order valence-corrected chi connectivity index (χ2v) is 7.81. The molecule has 2 aliphatic rings. The molecule has 0 saturated carbocycles. The van der Waals surface area contributed by atoms with Crippen molar-refractivity contribution in [2.75, 3.05) is 13.1 Å². The van der Waals surface area contributed by atoms with Crippen LogP contribution in [0.25, 0.3) is 22.6 Å². The summed E-state index contributed by atoms with van der Waals surface area (Å²) in [6, 6.07) is 10.4. The zero-order valence-corrected chi connectivity index (χ0v) is 16.3. The van der Waals surface area contributed by atoms with Crippen LogP contribution in [0.4, 0.5) is 0 Å².